The Labute approximate surface area is 140 Å². The van der Waals surface area contributed by atoms with Gasteiger partial charge in [-0.1, -0.05) is 54.7 Å². The van der Waals surface area contributed by atoms with Crippen LogP contribution >= 0.6 is 12.2 Å². The minimum Gasteiger partial charge on any atom is -0.488 e. The minimum absolute atomic E-state index is 0.513. The third kappa shape index (κ3) is 4.20. The SMILES string of the molecule is S=C(NCc1ccco1)c1ccccc1OCc1ccccc1. The van der Waals surface area contributed by atoms with Crippen molar-refractivity contribution in [2.45, 2.75) is 13.2 Å². The first-order chi connectivity index (χ1) is 11.3. The average Bonchev–Trinajstić information content (AvgIpc) is 3.12. The van der Waals surface area contributed by atoms with Gasteiger partial charge >= 0.3 is 0 Å². The fourth-order valence-corrected chi connectivity index (χ4v) is 2.43. The van der Waals surface area contributed by atoms with Crippen LogP contribution < -0.4 is 10.1 Å². The van der Waals surface area contributed by atoms with Crippen LogP contribution in [-0.2, 0) is 13.2 Å². The molecule has 4 heteroatoms. The average molecular weight is 323 g/mol. The first-order valence-corrected chi connectivity index (χ1v) is 7.80. The van der Waals surface area contributed by atoms with E-state index in [1.807, 2.05) is 66.7 Å². The van der Waals surface area contributed by atoms with Crippen LogP contribution in [0.4, 0.5) is 0 Å². The largest absolute Gasteiger partial charge is 0.488 e. The van der Waals surface area contributed by atoms with Crippen molar-refractivity contribution in [3.63, 3.8) is 0 Å². The summed E-state index contributed by atoms with van der Waals surface area (Å²) in [6, 6.07) is 21.6. The van der Waals surface area contributed by atoms with Crippen LogP contribution in [0.2, 0.25) is 0 Å². The molecule has 116 valence electrons. The summed E-state index contributed by atoms with van der Waals surface area (Å²) in [5.74, 6) is 1.61. The summed E-state index contributed by atoms with van der Waals surface area (Å²) in [5, 5.41) is 3.20. The normalized spacial score (nSPS) is 10.3. The van der Waals surface area contributed by atoms with Crippen molar-refractivity contribution in [2.75, 3.05) is 0 Å². The van der Waals surface area contributed by atoms with Gasteiger partial charge in [-0.3, -0.25) is 0 Å². The van der Waals surface area contributed by atoms with Gasteiger partial charge in [0.05, 0.1) is 18.4 Å². The Morgan fingerprint density at radius 1 is 0.957 bits per heavy atom. The number of nitrogens with one attached hydrogen (secondary N) is 1. The van der Waals surface area contributed by atoms with Crippen molar-refractivity contribution in [3.05, 3.63) is 89.9 Å². The molecule has 0 unspecified atom stereocenters. The third-order valence-electron chi connectivity index (χ3n) is 3.37. The third-order valence-corrected chi connectivity index (χ3v) is 3.74. The standard InChI is InChI=1S/C19H17NO2S/c23-19(20-13-16-9-6-12-21-16)17-10-4-5-11-18(17)22-14-15-7-2-1-3-8-15/h1-12H,13-14H2,(H,20,23). The number of para-hydroxylation sites is 1. The smallest absolute Gasteiger partial charge is 0.129 e. The number of benzene rings is 2. The summed E-state index contributed by atoms with van der Waals surface area (Å²) in [7, 11) is 0. The Bertz CT molecular complexity index is 754. The quantitative estimate of drug-likeness (QED) is 0.685. The number of thiocarbonyl (C=S) groups is 1. The van der Waals surface area contributed by atoms with E-state index in [0.717, 1.165) is 22.6 Å². The fourth-order valence-electron chi connectivity index (χ4n) is 2.19. The predicted molar refractivity (Wildman–Crippen MR) is 94.5 cm³/mol. The maximum absolute atomic E-state index is 5.93. The molecule has 0 aliphatic rings. The molecule has 0 bridgehead atoms. The van der Waals surface area contributed by atoms with Crippen molar-refractivity contribution in [1.82, 2.24) is 5.32 Å². The number of rotatable bonds is 6. The van der Waals surface area contributed by atoms with Crippen LogP contribution in [0.3, 0.4) is 0 Å². The van der Waals surface area contributed by atoms with Gasteiger partial charge in [0.15, 0.2) is 0 Å². The van der Waals surface area contributed by atoms with Crippen molar-refractivity contribution in [2.24, 2.45) is 0 Å². The molecule has 0 fully saturated rings. The molecular formula is C19H17NO2S. The molecule has 0 saturated heterocycles. The van der Waals surface area contributed by atoms with Crippen LogP contribution in [0.15, 0.2) is 77.4 Å². The lowest BCUT2D eigenvalue weighted by Crippen LogP contribution is -2.22. The summed E-state index contributed by atoms with van der Waals surface area (Å²) < 4.78 is 11.2. The first kappa shape index (κ1) is 15.3. The predicted octanol–water partition coefficient (Wildman–Crippen LogP) is 4.32. The Kier molecular flexibility index (Phi) is 5.06. The fraction of sp³-hybridized carbons (Fsp3) is 0.105. The van der Waals surface area contributed by atoms with Crippen molar-refractivity contribution >= 4 is 17.2 Å². The topological polar surface area (TPSA) is 34.4 Å². The molecule has 1 aromatic heterocycles. The van der Waals surface area contributed by atoms with Gasteiger partial charge in [-0.05, 0) is 29.8 Å². The van der Waals surface area contributed by atoms with E-state index in [9.17, 15) is 0 Å². The van der Waals surface area contributed by atoms with E-state index in [4.69, 9.17) is 21.4 Å². The molecule has 0 spiro atoms. The highest BCUT2D eigenvalue weighted by Gasteiger charge is 2.09. The molecular weight excluding hydrogens is 306 g/mol. The van der Waals surface area contributed by atoms with Gasteiger partial charge in [-0.25, -0.2) is 0 Å². The summed E-state index contributed by atoms with van der Waals surface area (Å²) in [5.41, 5.74) is 2.00. The molecule has 3 rings (SSSR count). The molecule has 0 atom stereocenters. The monoisotopic (exact) mass is 323 g/mol. The summed E-state index contributed by atoms with van der Waals surface area (Å²) >= 11 is 5.48. The molecule has 1 heterocycles. The Balaban J connectivity index is 1.66. The second-order valence-corrected chi connectivity index (χ2v) is 5.44. The van der Waals surface area contributed by atoms with Gasteiger partial charge in [0.25, 0.3) is 0 Å². The highest BCUT2D eigenvalue weighted by atomic mass is 32.1. The lowest BCUT2D eigenvalue weighted by molar-refractivity contribution is 0.305. The zero-order valence-corrected chi connectivity index (χ0v) is 13.4. The number of hydrogen-bond donors (Lipinski definition) is 1. The molecule has 23 heavy (non-hydrogen) atoms. The summed E-state index contributed by atoms with van der Waals surface area (Å²) in [4.78, 5) is 0.644. The molecule has 0 radical (unpaired) electrons. The van der Waals surface area contributed by atoms with E-state index in [1.165, 1.54) is 0 Å². The molecule has 0 aliphatic heterocycles. The van der Waals surface area contributed by atoms with Crippen molar-refractivity contribution in [1.29, 1.82) is 0 Å². The molecule has 0 amide bonds. The number of hydrogen-bond acceptors (Lipinski definition) is 3. The van der Waals surface area contributed by atoms with Gasteiger partial charge in [-0.2, -0.15) is 0 Å². The molecule has 3 aromatic rings. The molecule has 2 aromatic carbocycles. The molecule has 1 N–H and O–H groups in total. The zero-order valence-electron chi connectivity index (χ0n) is 12.6. The molecule has 0 saturated carbocycles. The van der Waals surface area contributed by atoms with Crippen molar-refractivity contribution < 1.29 is 9.15 Å². The van der Waals surface area contributed by atoms with E-state index < -0.39 is 0 Å². The van der Waals surface area contributed by atoms with Gasteiger partial charge in [-0.15, -0.1) is 0 Å². The van der Waals surface area contributed by atoms with Gasteiger partial charge < -0.3 is 14.5 Å². The van der Waals surface area contributed by atoms with E-state index in [2.05, 4.69) is 5.32 Å². The van der Waals surface area contributed by atoms with E-state index in [1.54, 1.807) is 6.26 Å². The lowest BCUT2D eigenvalue weighted by atomic mass is 10.2. The maximum atomic E-state index is 5.93. The Hall–Kier alpha value is -2.59. The van der Waals surface area contributed by atoms with Gasteiger partial charge in [0.1, 0.15) is 23.1 Å². The van der Waals surface area contributed by atoms with Crippen LogP contribution in [0.1, 0.15) is 16.9 Å². The van der Waals surface area contributed by atoms with Crippen molar-refractivity contribution in [3.8, 4) is 5.75 Å². The van der Waals surface area contributed by atoms with E-state index in [-0.39, 0.29) is 0 Å². The second-order valence-electron chi connectivity index (χ2n) is 5.03. The maximum Gasteiger partial charge on any atom is 0.129 e. The van der Waals surface area contributed by atoms with E-state index in [0.29, 0.717) is 18.1 Å². The molecule has 0 aliphatic carbocycles. The highest BCUT2D eigenvalue weighted by Crippen LogP contribution is 2.20. The Morgan fingerprint density at radius 2 is 1.74 bits per heavy atom. The Morgan fingerprint density at radius 3 is 2.52 bits per heavy atom. The van der Waals surface area contributed by atoms with Crippen LogP contribution in [-0.4, -0.2) is 4.99 Å². The van der Waals surface area contributed by atoms with Crippen LogP contribution in [0.5, 0.6) is 5.75 Å². The summed E-state index contributed by atoms with van der Waals surface area (Å²) in [6.45, 7) is 1.07. The highest BCUT2D eigenvalue weighted by molar-refractivity contribution is 7.80. The van der Waals surface area contributed by atoms with Gasteiger partial charge in [0.2, 0.25) is 0 Å². The number of ether oxygens (including phenoxy) is 1. The molecule has 3 nitrogen and oxygen atoms in total. The first-order valence-electron chi connectivity index (χ1n) is 7.39. The second kappa shape index (κ2) is 7.61. The van der Waals surface area contributed by atoms with Gasteiger partial charge in [0, 0.05) is 0 Å². The number of furan rings is 1. The minimum atomic E-state index is 0.513. The van der Waals surface area contributed by atoms with E-state index >= 15 is 0 Å². The zero-order chi connectivity index (χ0) is 15.9. The van der Waals surface area contributed by atoms with Crippen LogP contribution in [0.25, 0.3) is 0 Å². The summed E-state index contributed by atoms with van der Waals surface area (Å²) in [6.07, 6.45) is 1.65. The lowest BCUT2D eigenvalue weighted by Gasteiger charge is -2.13. The van der Waals surface area contributed by atoms with Crippen LogP contribution in [0, 0.1) is 0 Å².